The molecule has 0 unspecified atom stereocenters. The van der Waals surface area contributed by atoms with Gasteiger partial charge in [-0.1, -0.05) is 6.07 Å². The molecule has 112 valence electrons. The standard InChI is InChI=1S/C17H18N4O/c1-9-3-5-12(8-14(9)19)20-10(2)16-13-7-11(18)4-6-15(13)21-17(16)22/h3-8,20H,18-19H2,1-2H3,(H,21,22)/b16-10-. The van der Waals surface area contributed by atoms with E-state index >= 15 is 0 Å². The first-order valence-electron chi connectivity index (χ1n) is 7.01. The van der Waals surface area contributed by atoms with Gasteiger partial charge < -0.3 is 22.1 Å². The van der Waals surface area contributed by atoms with Gasteiger partial charge in [-0.15, -0.1) is 0 Å². The summed E-state index contributed by atoms with van der Waals surface area (Å²) in [4.78, 5) is 12.2. The van der Waals surface area contributed by atoms with Gasteiger partial charge in [0.05, 0.1) is 5.57 Å². The van der Waals surface area contributed by atoms with Gasteiger partial charge in [0.2, 0.25) is 0 Å². The van der Waals surface area contributed by atoms with Gasteiger partial charge in [0.15, 0.2) is 0 Å². The van der Waals surface area contributed by atoms with E-state index in [1.54, 1.807) is 12.1 Å². The van der Waals surface area contributed by atoms with Crippen LogP contribution in [-0.4, -0.2) is 5.91 Å². The van der Waals surface area contributed by atoms with Crippen molar-refractivity contribution >= 4 is 34.2 Å². The highest BCUT2D eigenvalue weighted by molar-refractivity contribution is 6.32. The van der Waals surface area contributed by atoms with Gasteiger partial charge in [-0.25, -0.2) is 0 Å². The Kier molecular flexibility index (Phi) is 3.25. The van der Waals surface area contributed by atoms with Gasteiger partial charge in [0.25, 0.3) is 5.91 Å². The lowest BCUT2D eigenvalue weighted by molar-refractivity contribution is -0.110. The molecule has 1 aliphatic heterocycles. The number of aryl methyl sites for hydroxylation is 1. The minimum Gasteiger partial charge on any atom is -0.399 e. The molecule has 1 aliphatic rings. The Morgan fingerprint density at radius 1 is 1.14 bits per heavy atom. The number of carbonyl (C=O) groups excluding carboxylic acids is 1. The quantitative estimate of drug-likeness (QED) is 0.506. The van der Waals surface area contributed by atoms with E-state index in [9.17, 15) is 4.79 Å². The van der Waals surface area contributed by atoms with Gasteiger partial charge >= 0.3 is 0 Å². The van der Waals surface area contributed by atoms with E-state index < -0.39 is 0 Å². The molecule has 1 amide bonds. The van der Waals surface area contributed by atoms with E-state index in [0.29, 0.717) is 16.9 Å². The third-order valence-electron chi connectivity index (χ3n) is 3.77. The molecular formula is C17H18N4O. The molecule has 0 aromatic heterocycles. The first kappa shape index (κ1) is 14.0. The Hall–Kier alpha value is -2.95. The van der Waals surface area contributed by atoms with E-state index in [1.807, 2.05) is 38.1 Å². The minimum absolute atomic E-state index is 0.134. The summed E-state index contributed by atoms with van der Waals surface area (Å²) < 4.78 is 0. The van der Waals surface area contributed by atoms with Crippen LogP contribution in [0.4, 0.5) is 22.7 Å². The van der Waals surface area contributed by atoms with E-state index in [2.05, 4.69) is 10.6 Å². The number of nitrogens with two attached hydrogens (primary N) is 2. The normalized spacial score (nSPS) is 15.3. The monoisotopic (exact) mass is 294 g/mol. The Labute approximate surface area is 129 Å². The number of anilines is 4. The second-order valence-corrected chi connectivity index (χ2v) is 5.46. The summed E-state index contributed by atoms with van der Waals surface area (Å²) in [5, 5.41) is 6.09. The van der Waals surface area contributed by atoms with Crippen molar-refractivity contribution in [2.45, 2.75) is 13.8 Å². The average Bonchev–Trinajstić information content (AvgIpc) is 2.78. The molecule has 0 saturated heterocycles. The van der Waals surface area contributed by atoms with Crippen LogP contribution in [0.25, 0.3) is 5.57 Å². The number of amides is 1. The molecule has 5 nitrogen and oxygen atoms in total. The van der Waals surface area contributed by atoms with Crippen LogP contribution in [0.2, 0.25) is 0 Å². The lowest BCUT2D eigenvalue weighted by atomic mass is 10.0. The highest BCUT2D eigenvalue weighted by Gasteiger charge is 2.26. The summed E-state index contributed by atoms with van der Waals surface area (Å²) in [7, 11) is 0. The van der Waals surface area contributed by atoms with Crippen LogP contribution >= 0.6 is 0 Å². The molecule has 0 bridgehead atoms. The number of fused-ring (bicyclic) bond motifs is 1. The maximum atomic E-state index is 12.2. The maximum absolute atomic E-state index is 12.2. The van der Waals surface area contributed by atoms with Crippen molar-refractivity contribution in [3.63, 3.8) is 0 Å². The summed E-state index contributed by atoms with van der Waals surface area (Å²) in [6.07, 6.45) is 0. The number of allylic oxidation sites excluding steroid dienone is 1. The number of rotatable bonds is 2. The van der Waals surface area contributed by atoms with Crippen molar-refractivity contribution in [3.8, 4) is 0 Å². The van der Waals surface area contributed by atoms with Gasteiger partial charge in [0.1, 0.15) is 0 Å². The van der Waals surface area contributed by atoms with Gasteiger partial charge in [-0.3, -0.25) is 4.79 Å². The molecule has 6 N–H and O–H groups in total. The average molecular weight is 294 g/mol. The number of nitrogen functional groups attached to an aromatic ring is 2. The lowest BCUT2D eigenvalue weighted by Gasteiger charge is -2.11. The number of hydrogen-bond donors (Lipinski definition) is 4. The molecule has 0 saturated carbocycles. The van der Waals surface area contributed by atoms with E-state index in [0.717, 1.165) is 28.2 Å². The van der Waals surface area contributed by atoms with E-state index in [1.165, 1.54) is 0 Å². The lowest BCUT2D eigenvalue weighted by Crippen LogP contribution is -2.09. The summed E-state index contributed by atoms with van der Waals surface area (Å²) in [6.45, 7) is 3.82. The third-order valence-corrected chi connectivity index (χ3v) is 3.77. The summed E-state index contributed by atoms with van der Waals surface area (Å²) in [5.74, 6) is -0.134. The van der Waals surface area contributed by atoms with Crippen molar-refractivity contribution in [2.75, 3.05) is 22.1 Å². The molecule has 2 aromatic rings. The fraction of sp³-hybridized carbons (Fsp3) is 0.118. The van der Waals surface area contributed by atoms with Gasteiger partial charge in [-0.2, -0.15) is 0 Å². The van der Waals surface area contributed by atoms with Crippen molar-refractivity contribution in [3.05, 3.63) is 53.2 Å². The summed E-state index contributed by atoms with van der Waals surface area (Å²) in [6, 6.07) is 11.1. The first-order chi connectivity index (χ1) is 10.5. The van der Waals surface area contributed by atoms with Crippen molar-refractivity contribution in [2.24, 2.45) is 0 Å². The molecule has 5 heteroatoms. The second kappa shape index (κ2) is 5.11. The maximum Gasteiger partial charge on any atom is 0.258 e. The molecule has 22 heavy (non-hydrogen) atoms. The zero-order valence-corrected chi connectivity index (χ0v) is 12.5. The SMILES string of the molecule is C/C(Nc1ccc(C)c(N)c1)=C1/C(=O)Nc2ccc(N)cc21. The number of carbonyl (C=O) groups is 1. The molecule has 2 aromatic carbocycles. The minimum atomic E-state index is -0.134. The van der Waals surface area contributed by atoms with Gasteiger partial charge in [-0.05, 0) is 49.7 Å². The fourth-order valence-electron chi connectivity index (χ4n) is 2.55. The molecule has 0 spiro atoms. The second-order valence-electron chi connectivity index (χ2n) is 5.46. The van der Waals surface area contributed by atoms with Crippen LogP contribution in [0.1, 0.15) is 18.1 Å². The van der Waals surface area contributed by atoms with Crippen LogP contribution in [-0.2, 0) is 4.79 Å². The predicted molar refractivity (Wildman–Crippen MR) is 91.3 cm³/mol. The summed E-state index contributed by atoms with van der Waals surface area (Å²) >= 11 is 0. The summed E-state index contributed by atoms with van der Waals surface area (Å²) in [5.41, 5.74) is 17.9. The van der Waals surface area contributed by atoms with Crippen LogP contribution in [0.15, 0.2) is 42.1 Å². The number of hydrogen-bond acceptors (Lipinski definition) is 4. The molecule has 0 radical (unpaired) electrons. The smallest absolute Gasteiger partial charge is 0.258 e. The Morgan fingerprint density at radius 3 is 2.64 bits per heavy atom. The molecule has 1 heterocycles. The number of benzene rings is 2. The van der Waals surface area contributed by atoms with Crippen LogP contribution in [0.3, 0.4) is 0 Å². The highest BCUT2D eigenvalue weighted by atomic mass is 16.2. The molecule has 0 fully saturated rings. The van der Waals surface area contributed by atoms with Gasteiger partial charge in [0, 0.05) is 34.0 Å². The van der Waals surface area contributed by atoms with Crippen molar-refractivity contribution < 1.29 is 4.79 Å². The zero-order valence-electron chi connectivity index (χ0n) is 12.5. The Balaban J connectivity index is 2.01. The van der Waals surface area contributed by atoms with Crippen molar-refractivity contribution in [1.29, 1.82) is 0 Å². The van der Waals surface area contributed by atoms with Crippen LogP contribution < -0.4 is 22.1 Å². The topological polar surface area (TPSA) is 93.2 Å². The molecule has 3 rings (SSSR count). The fourth-order valence-corrected chi connectivity index (χ4v) is 2.55. The largest absolute Gasteiger partial charge is 0.399 e. The zero-order chi connectivity index (χ0) is 15.9. The van der Waals surface area contributed by atoms with Crippen LogP contribution in [0, 0.1) is 6.92 Å². The molecule has 0 atom stereocenters. The third kappa shape index (κ3) is 2.37. The Morgan fingerprint density at radius 2 is 1.91 bits per heavy atom. The van der Waals surface area contributed by atoms with Crippen LogP contribution in [0.5, 0.6) is 0 Å². The predicted octanol–water partition coefficient (Wildman–Crippen LogP) is 2.95. The number of nitrogens with one attached hydrogen (secondary N) is 2. The first-order valence-corrected chi connectivity index (χ1v) is 7.01. The molecule has 0 aliphatic carbocycles. The molecular weight excluding hydrogens is 276 g/mol. The van der Waals surface area contributed by atoms with E-state index in [4.69, 9.17) is 11.5 Å². The van der Waals surface area contributed by atoms with Crippen molar-refractivity contribution in [1.82, 2.24) is 0 Å². The van der Waals surface area contributed by atoms with E-state index in [-0.39, 0.29) is 5.91 Å². The Bertz CT molecular complexity index is 808. The highest BCUT2D eigenvalue weighted by Crippen LogP contribution is 2.35.